The van der Waals surface area contributed by atoms with Gasteiger partial charge >= 0.3 is 10.9 Å². The number of ketones is 1. The highest BCUT2D eigenvalue weighted by Crippen LogP contribution is 2.44. The molecule has 2 aromatic heterocycles. The van der Waals surface area contributed by atoms with Crippen molar-refractivity contribution in [2.24, 2.45) is 0 Å². The summed E-state index contributed by atoms with van der Waals surface area (Å²) in [6, 6.07) is 10.3. The number of methoxy groups -OCH3 is 1. The number of urea groups is 1. The van der Waals surface area contributed by atoms with Crippen LogP contribution in [0.25, 0.3) is 21.5 Å². The number of nitrogens with zero attached hydrogens (tertiary/aromatic N) is 2. The third-order valence-corrected chi connectivity index (χ3v) is 9.12. The second kappa shape index (κ2) is 10.6. The fourth-order valence-electron chi connectivity index (χ4n) is 5.41. The van der Waals surface area contributed by atoms with E-state index in [0.29, 0.717) is 76.9 Å². The van der Waals surface area contributed by atoms with Crippen LogP contribution >= 0.6 is 22.9 Å². The van der Waals surface area contributed by atoms with Crippen molar-refractivity contribution in [2.75, 3.05) is 32.1 Å². The minimum Gasteiger partial charge on any atom is -0.495 e. The summed E-state index contributed by atoms with van der Waals surface area (Å²) in [5, 5.41) is 6.71. The normalized spacial score (nSPS) is 15.9. The Balaban J connectivity index is 1.23. The van der Waals surface area contributed by atoms with Crippen LogP contribution < -0.4 is 25.0 Å². The molecule has 4 heterocycles. The molecule has 11 nitrogen and oxygen atoms in total. The zero-order valence-electron chi connectivity index (χ0n) is 22.4. The number of likely N-dealkylation sites (tertiary alicyclic amines) is 1. The number of carbonyl (C=O) groups is 3. The van der Waals surface area contributed by atoms with E-state index in [2.05, 4.69) is 20.0 Å². The molecule has 3 N–H and O–H groups in total. The molecular formula is C28H27N5O6S2. The number of nitrogens with one attached hydrogen (secondary N) is 3. The number of fused-ring (bicyclic) bond motifs is 2. The molecule has 6 rings (SSSR count). The summed E-state index contributed by atoms with van der Waals surface area (Å²) in [6.45, 7) is 3.05. The number of Topliss-reactive ketones (excluding diaryl/α,β-unsaturated/α-hetero) is 1. The lowest BCUT2D eigenvalue weighted by atomic mass is 9.82. The van der Waals surface area contributed by atoms with E-state index in [0.717, 1.165) is 16.2 Å². The van der Waals surface area contributed by atoms with Crippen molar-refractivity contribution in [1.29, 1.82) is 0 Å². The second-order valence-corrected chi connectivity index (χ2v) is 11.7. The molecule has 0 atom stereocenters. The Bertz CT molecular complexity index is 1730. The molecule has 1 saturated heterocycles. The molecule has 41 heavy (non-hydrogen) atoms. The maximum Gasteiger partial charge on any atom is 0.323 e. The number of carbonyl (C=O) groups excluding carboxylic acids is 3. The Hall–Kier alpha value is -4.23. The van der Waals surface area contributed by atoms with E-state index < -0.39 is 5.60 Å². The van der Waals surface area contributed by atoms with E-state index in [1.54, 1.807) is 30.2 Å². The van der Waals surface area contributed by atoms with Crippen molar-refractivity contribution in [3.05, 3.63) is 57.2 Å². The Morgan fingerprint density at radius 2 is 2.00 bits per heavy atom. The number of hydrogen-bond donors (Lipinski definition) is 3. The SMILES string of the molecule is CCNC(=O)Nc1sc2c(OC)cccc2c1C(=O)N1CCC2(CC1)CC(=O)c1cc(-c3nsc(=O)[nH]3)ccc1O2. The van der Waals surface area contributed by atoms with Crippen LogP contribution in [0.4, 0.5) is 9.80 Å². The van der Waals surface area contributed by atoms with Gasteiger partial charge in [0.25, 0.3) is 5.91 Å². The van der Waals surface area contributed by atoms with Gasteiger partial charge in [-0.1, -0.05) is 12.1 Å². The number of ether oxygens (including phenoxy) is 2. The van der Waals surface area contributed by atoms with Gasteiger partial charge < -0.3 is 19.7 Å². The van der Waals surface area contributed by atoms with E-state index in [9.17, 15) is 19.2 Å². The standard InChI is InChI=1S/C28H27N5O6S2/c1-3-29-26(36)31-24-21(16-5-4-6-20(38-2)22(16)40-24)25(35)33-11-9-28(10-12-33)14-18(34)17-13-15(7-8-19(17)39-28)23-30-27(37)41-32-23/h4-8,13H,3,9-12,14H2,1-2H3,(H2,29,31,36)(H,30,32,37). The second-order valence-electron chi connectivity index (χ2n) is 9.96. The topological polar surface area (TPSA) is 143 Å². The molecule has 13 heteroatoms. The van der Waals surface area contributed by atoms with Crippen LogP contribution in [0.5, 0.6) is 11.5 Å². The minimum atomic E-state index is -0.709. The van der Waals surface area contributed by atoms with Crippen molar-refractivity contribution in [2.45, 2.75) is 31.8 Å². The molecule has 0 unspecified atom stereocenters. The first-order valence-electron chi connectivity index (χ1n) is 13.2. The molecule has 212 valence electrons. The predicted molar refractivity (Wildman–Crippen MR) is 157 cm³/mol. The first-order chi connectivity index (χ1) is 19.8. The summed E-state index contributed by atoms with van der Waals surface area (Å²) in [5.74, 6) is 1.29. The van der Waals surface area contributed by atoms with Crippen LogP contribution in [-0.2, 0) is 0 Å². The highest BCUT2D eigenvalue weighted by Gasteiger charge is 2.44. The molecule has 3 amide bonds. The van der Waals surface area contributed by atoms with Gasteiger partial charge in [-0.15, -0.1) is 11.3 Å². The summed E-state index contributed by atoms with van der Waals surface area (Å²) < 4.78 is 16.8. The first-order valence-corrected chi connectivity index (χ1v) is 14.8. The number of rotatable bonds is 5. The number of benzene rings is 2. The lowest BCUT2D eigenvalue weighted by molar-refractivity contribution is -0.00561. The molecule has 2 aliphatic heterocycles. The zero-order chi connectivity index (χ0) is 28.7. The van der Waals surface area contributed by atoms with Crippen molar-refractivity contribution < 1.29 is 23.9 Å². The Kier molecular flexibility index (Phi) is 6.99. The first kappa shape index (κ1) is 27.0. The van der Waals surface area contributed by atoms with Gasteiger partial charge in [0.15, 0.2) is 11.6 Å². The van der Waals surface area contributed by atoms with E-state index in [-0.39, 0.29) is 29.0 Å². The van der Waals surface area contributed by atoms with E-state index in [4.69, 9.17) is 9.47 Å². The van der Waals surface area contributed by atoms with Crippen LogP contribution in [0.3, 0.4) is 0 Å². The van der Waals surface area contributed by atoms with Crippen molar-refractivity contribution in [1.82, 2.24) is 19.6 Å². The number of hydrogen-bond acceptors (Lipinski definition) is 9. The summed E-state index contributed by atoms with van der Waals surface area (Å²) in [7, 11) is 1.57. The summed E-state index contributed by atoms with van der Waals surface area (Å²) in [4.78, 5) is 55.2. The molecule has 4 aromatic rings. The number of aromatic amines is 1. The number of piperidine rings is 1. The molecule has 2 aliphatic rings. The van der Waals surface area contributed by atoms with Gasteiger partial charge in [-0.05, 0) is 31.2 Å². The quantitative estimate of drug-likeness (QED) is 0.309. The van der Waals surface area contributed by atoms with Crippen LogP contribution in [0.2, 0.25) is 0 Å². The van der Waals surface area contributed by atoms with Gasteiger partial charge in [0.05, 0.1) is 29.4 Å². The molecule has 0 aliphatic carbocycles. The van der Waals surface area contributed by atoms with E-state index in [1.807, 2.05) is 25.1 Å². The van der Waals surface area contributed by atoms with Gasteiger partial charge in [-0.3, -0.25) is 24.7 Å². The smallest absolute Gasteiger partial charge is 0.323 e. The van der Waals surface area contributed by atoms with Crippen molar-refractivity contribution in [3.8, 4) is 22.9 Å². The molecule has 1 fully saturated rings. The Morgan fingerprint density at radius 3 is 2.71 bits per heavy atom. The minimum absolute atomic E-state index is 0.0465. The molecule has 2 aromatic carbocycles. The zero-order valence-corrected chi connectivity index (χ0v) is 24.0. The van der Waals surface area contributed by atoms with E-state index >= 15 is 0 Å². The molecule has 1 spiro atoms. The number of anilines is 1. The van der Waals surface area contributed by atoms with Gasteiger partial charge in [-0.25, -0.2) is 4.79 Å². The number of aromatic nitrogens is 2. The van der Waals surface area contributed by atoms with E-state index in [1.165, 1.54) is 11.3 Å². The molecule has 0 bridgehead atoms. The van der Waals surface area contributed by atoms with Crippen LogP contribution in [-0.4, -0.2) is 64.3 Å². The fourth-order valence-corrected chi connectivity index (χ4v) is 7.06. The maximum atomic E-state index is 13.9. The van der Waals surface area contributed by atoms with Crippen LogP contribution in [0, 0.1) is 0 Å². The monoisotopic (exact) mass is 593 g/mol. The summed E-state index contributed by atoms with van der Waals surface area (Å²) >= 11 is 2.12. The largest absolute Gasteiger partial charge is 0.495 e. The molecular weight excluding hydrogens is 566 g/mol. The lowest BCUT2D eigenvalue weighted by Gasteiger charge is -2.44. The number of thiophene rings is 1. The summed E-state index contributed by atoms with van der Waals surface area (Å²) in [6.07, 6.45) is 1.16. The summed E-state index contributed by atoms with van der Waals surface area (Å²) in [5.41, 5.74) is 0.816. The predicted octanol–water partition coefficient (Wildman–Crippen LogP) is 4.50. The Labute approximate surface area is 242 Å². The molecule has 0 radical (unpaired) electrons. The van der Waals surface area contributed by atoms with Gasteiger partial charge in [0.2, 0.25) is 0 Å². The number of H-pyrrole nitrogens is 1. The van der Waals surface area contributed by atoms with Crippen LogP contribution in [0.1, 0.15) is 46.9 Å². The number of amides is 3. The third kappa shape index (κ3) is 4.95. The highest BCUT2D eigenvalue weighted by atomic mass is 32.1. The van der Waals surface area contributed by atoms with Gasteiger partial charge in [-0.2, -0.15) is 4.37 Å². The maximum absolute atomic E-state index is 13.9. The highest BCUT2D eigenvalue weighted by molar-refractivity contribution is 7.23. The average molecular weight is 594 g/mol. The van der Waals surface area contributed by atoms with Crippen molar-refractivity contribution in [3.63, 3.8) is 0 Å². The third-order valence-electron chi connectivity index (χ3n) is 7.44. The fraction of sp³-hybridized carbons (Fsp3) is 0.321. The lowest BCUT2D eigenvalue weighted by Crippen LogP contribution is -2.52. The van der Waals surface area contributed by atoms with Gasteiger partial charge in [0, 0.05) is 55.0 Å². The van der Waals surface area contributed by atoms with Crippen LogP contribution in [0.15, 0.2) is 41.2 Å². The van der Waals surface area contributed by atoms with Crippen molar-refractivity contribution >= 4 is 55.7 Å². The molecule has 0 saturated carbocycles. The Morgan fingerprint density at radius 1 is 1.20 bits per heavy atom. The van der Waals surface area contributed by atoms with Gasteiger partial charge in [0.1, 0.15) is 22.1 Å². The average Bonchev–Trinajstić information content (AvgIpc) is 3.56.